The number of nitrogen functional groups attached to an aromatic ring is 1. The van der Waals surface area contributed by atoms with E-state index >= 15 is 0 Å². The average Bonchev–Trinajstić information content (AvgIpc) is 3.72. The number of rotatable bonds is 15. The zero-order valence-corrected chi connectivity index (χ0v) is 29.2. The van der Waals surface area contributed by atoms with E-state index in [1.807, 2.05) is 74.7 Å². The van der Waals surface area contributed by atoms with Crippen molar-refractivity contribution < 1.29 is 19.1 Å². The number of imide groups is 1. The molecule has 3 aromatic heterocycles. The molecular formula is C37H40N8O4S. The van der Waals surface area contributed by atoms with Gasteiger partial charge in [0.1, 0.15) is 10.8 Å². The number of benzene rings is 2. The molecule has 0 spiro atoms. The predicted molar refractivity (Wildman–Crippen MR) is 197 cm³/mol. The SMILES string of the molecule is CC(CCC(=O)N(C=O)CCOCCNc1ccc2nc(-c3ccc(-c4ccc(N(C)C)nc4)nc3)sc2c1)N1Cc2c(N)cccc2C1=O. The van der Waals surface area contributed by atoms with Gasteiger partial charge in [-0.05, 0) is 67.9 Å². The second-order valence-electron chi connectivity index (χ2n) is 12.4. The minimum Gasteiger partial charge on any atom is -0.398 e. The van der Waals surface area contributed by atoms with Crippen LogP contribution in [-0.2, 0) is 20.9 Å². The van der Waals surface area contributed by atoms with Gasteiger partial charge in [0, 0.05) is 85.7 Å². The van der Waals surface area contributed by atoms with Crippen LogP contribution in [0.15, 0.2) is 73.1 Å². The molecule has 1 aliphatic heterocycles. The molecule has 12 nitrogen and oxygen atoms in total. The van der Waals surface area contributed by atoms with Crippen LogP contribution in [0.3, 0.4) is 0 Å². The van der Waals surface area contributed by atoms with Crippen LogP contribution in [0.4, 0.5) is 17.2 Å². The van der Waals surface area contributed by atoms with Gasteiger partial charge in [-0.15, -0.1) is 11.3 Å². The van der Waals surface area contributed by atoms with E-state index in [0.717, 1.165) is 54.0 Å². The molecule has 50 heavy (non-hydrogen) atoms. The van der Waals surface area contributed by atoms with Crippen molar-refractivity contribution in [2.75, 3.05) is 56.3 Å². The number of nitrogens with one attached hydrogen (secondary N) is 1. The Morgan fingerprint density at radius 2 is 1.90 bits per heavy atom. The Morgan fingerprint density at radius 3 is 2.62 bits per heavy atom. The van der Waals surface area contributed by atoms with Crippen molar-refractivity contribution in [3.63, 3.8) is 0 Å². The molecule has 1 atom stereocenters. The lowest BCUT2D eigenvalue weighted by Gasteiger charge is -2.25. The predicted octanol–water partition coefficient (Wildman–Crippen LogP) is 5.31. The van der Waals surface area contributed by atoms with Crippen LogP contribution in [0.2, 0.25) is 0 Å². The lowest BCUT2D eigenvalue weighted by atomic mass is 10.1. The Bertz CT molecular complexity index is 1980. The number of pyridine rings is 2. The summed E-state index contributed by atoms with van der Waals surface area (Å²) in [7, 11) is 3.92. The quantitative estimate of drug-likeness (QED) is 0.0841. The van der Waals surface area contributed by atoms with Gasteiger partial charge in [0.25, 0.3) is 5.91 Å². The molecule has 5 aromatic rings. The Balaban J connectivity index is 0.922. The first kappa shape index (κ1) is 34.5. The molecule has 0 radical (unpaired) electrons. The maximum absolute atomic E-state index is 12.8. The van der Waals surface area contributed by atoms with Crippen molar-refractivity contribution in [3.8, 4) is 21.8 Å². The minimum atomic E-state index is -0.298. The molecule has 0 fully saturated rings. The summed E-state index contributed by atoms with van der Waals surface area (Å²) >= 11 is 1.60. The molecule has 3 amide bonds. The third-order valence-corrected chi connectivity index (χ3v) is 9.81. The topological polar surface area (TPSA) is 147 Å². The van der Waals surface area contributed by atoms with E-state index in [9.17, 15) is 14.4 Å². The van der Waals surface area contributed by atoms with Crippen LogP contribution in [0.25, 0.3) is 32.0 Å². The van der Waals surface area contributed by atoms with Crippen LogP contribution >= 0.6 is 11.3 Å². The third-order valence-electron chi connectivity index (χ3n) is 8.74. The summed E-state index contributed by atoms with van der Waals surface area (Å²) < 4.78 is 6.76. The van der Waals surface area contributed by atoms with Gasteiger partial charge in [0.05, 0.1) is 35.7 Å². The highest BCUT2D eigenvalue weighted by atomic mass is 32.1. The first-order valence-corrected chi connectivity index (χ1v) is 17.3. The first-order chi connectivity index (χ1) is 24.2. The minimum absolute atomic E-state index is 0.0850. The molecule has 13 heteroatoms. The number of anilines is 3. The molecule has 0 saturated carbocycles. The van der Waals surface area contributed by atoms with E-state index in [0.29, 0.717) is 43.8 Å². The Kier molecular flexibility index (Phi) is 10.6. The summed E-state index contributed by atoms with van der Waals surface area (Å²) in [6.07, 6.45) is 4.79. The van der Waals surface area contributed by atoms with Crippen molar-refractivity contribution in [2.24, 2.45) is 0 Å². The van der Waals surface area contributed by atoms with Crippen LogP contribution in [0.5, 0.6) is 0 Å². The zero-order chi connectivity index (χ0) is 35.2. The number of nitrogens with two attached hydrogens (primary N) is 1. The molecule has 2 aromatic carbocycles. The summed E-state index contributed by atoms with van der Waals surface area (Å²) in [5.41, 5.74) is 12.7. The van der Waals surface area contributed by atoms with E-state index in [4.69, 9.17) is 15.5 Å². The van der Waals surface area contributed by atoms with Crippen molar-refractivity contribution in [3.05, 3.63) is 84.2 Å². The summed E-state index contributed by atoms with van der Waals surface area (Å²) in [5, 5.41) is 4.26. The number of hydrogen-bond acceptors (Lipinski definition) is 11. The van der Waals surface area contributed by atoms with Gasteiger partial charge in [-0.2, -0.15) is 0 Å². The van der Waals surface area contributed by atoms with Crippen molar-refractivity contribution in [2.45, 2.75) is 32.4 Å². The van der Waals surface area contributed by atoms with Gasteiger partial charge in [-0.25, -0.2) is 9.97 Å². The van der Waals surface area contributed by atoms with Gasteiger partial charge in [-0.1, -0.05) is 6.07 Å². The average molecular weight is 693 g/mol. The number of fused-ring (bicyclic) bond motifs is 2. The fraction of sp³-hybridized carbons (Fsp3) is 0.297. The van der Waals surface area contributed by atoms with Gasteiger partial charge in [-0.3, -0.25) is 24.3 Å². The molecule has 3 N–H and O–H groups in total. The van der Waals surface area contributed by atoms with Crippen LogP contribution in [0.1, 0.15) is 35.7 Å². The molecule has 0 saturated heterocycles. The lowest BCUT2D eigenvalue weighted by Crippen LogP contribution is -2.36. The van der Waals surface area contributed by atoms with E-state index in [-0.39, 0.29) is 37.4 Å². The lowest BCUT2D eigenvalue weighted by molar-refractivity contribution is -0.139. The highest BCUT2D eigenvalue weighted by Gasteiger charge is 2.32. The largest absolute Gasteiger partial charge is 0.398 e. The molecule has 258 valence electrons. The van der Waals surface area contributed by atoms with Gasteiger partial charge in [0.15, 0.2) is 0 Å². The molecular weight excluding hydrogens is 653 g/mol. The van der Waals surface area contributed by atoms with Gasteiger partial charge in [0.2, 0.25) is 12.3 Å². The summed E-state index contributed by atoms with van der Waals surface area (Å²) in [4.78, 5) is 55.9. The van der Waals surface area contributed by atoms with Crippen LogP contribution < -0.4 is 16.0 Å². The number of carbonyl (C=O) groups excluding carboxylic acids is 3. The van der Waals surface area contributed by atoms with E-state index < -0.39 is 0 Å². The first-order valence-electron chi connectivity index (χ1n) is 16.5. The fourth-order valence-electron chi connectivity index (χ4n) is 5.79. The number of nitrogens with zero attached hydrogens (tertiary/aromatic N) is 6. The smallest absolute Gasteiger partial charge is 0.254 e. The number of aromatic nitrogens is 3. The zero-order valence-electron chi connectivity index (χ0n) is 28.3. The molecule has 1 unspecified atom stereocenters. The maximum atomic E-state index is 12.8. The van der Waals surface area contributed by atoms with Crippen LogP contribution in [0, 0.1) is 0 Å². The number of carbonyl (C=O) groups is 3. The number of ether oxygens (including phenoxy) is 1. The van der Waals surface area contributed by atoms with E-state index in [1.54, 1.807) is 34.4 Å². The molecule has 4 heterocycles. The Morgan fingerprint density at radius 1 is 1.08 bits per heavy atom. The number of hydrogen-bond donors (Lipinski definition) is 2. The molecule has 0 bridgehead atoms. The third kappa shape index (κ3) is 7.74. The Hall–Kier alpha value is -5.40. The monoisotopic (exact) mass is 692 g/mol. The second kappa shape index (κ2) is 15.4. The fourth-order valence-corrected chi connectivity index (χ4v) is 6.78. The van der Waals surface area contributed by atoms with Gasteiger partial charge < -0.3 is 25.6 Å². The highest BCUT2D eigenvalue weighted by molar-refractivity contribution is 7.21. The highest BCUT2D eigenvalue weighted by Crippen LogP contribution is 2.33. The normalized spacial score (nSPS) is 12.9. The van der Waals surface area contributed by atoms with Crippen molar-refractivity contribution >= 4 is 57.0 Å². The summed E-state index contributed by atoms with van der Waals surface area (Å²) in [6, 6.07) is 19.2. The standard InChI is InChI=1S/C37H40N8O4S/c1-24(45-22-29-28(37(45)48)5-4-6-30(29)38)7-14-35(47)44(23-46)16-18-49-17-15-39-27-10-12-32-33(19-27)50-36(42-32)26-8-11-31(40-21-26)25-9-13-34(41-20-25)43(2)3/h4-6,8-13,19-21,23-24,39H,7,14-18,22,38H2,1-3H3. The van der Waals surface area contributed by atoms with Gasteiger partial charge >= 0.3 is 0 Å². The number of amides is 3. The maximum Gasteiger partial charge on any atom is 0.254 e. The van der Waals surface area contributed by atoms with E-state index in [1.165, 1.54) is 0 Å². The van der Waals surface area contributed by atoms with Crippen molar-refractivity contribution in [1.29, 1.82) is 0 Å². The molecule has 0 aliphatic carbocycles. The molecule has 1 aliphatic rings. The van der Waals surface area contributed by atoms with E-state index in [2.05, 4.69) is 21.4 Å². The van der Waals surface area contributed by atoms with Crippen LogP contribution in [-0.4, -0.2) is 89.4 Å². The second-order valence-corrected chi connectivity index (χ2v) is 13.4. The molecule has 6 rings (SSSR count). The summed E-state index contributed by atoms with van der Waals surface area (Å²) in [5.74, 6) is 0.511. The van der Waals surface area contributed by atoms with Crippen molar-refractivity contribution in [1.82, 2.24) is 24.8 Å². The Labute approximate surface area is 294 Å². The summed E-state index contributed by atoms with van der Waals surface area (Å²) in [6.45, 7) is 3.66. The number of thiazole rings is 1.